The molecule has 1 saturated heterocycles. The van der Waals surface area contributed by atoms with Gasteiger partial charge in [0.2, 0.25) is 5.91 Å². The molecule has 1 aliphatic heterocycles. The summed E-state index contributed by atoms with van der Waals surface area (Å²) in [5.41, 5.74) is 2.41. The van der Waals surface area contributed by atoms with Crippen molar-refractivity contribution >= 4 is 11.8 Å². The first kappa shape index (κ1) is 19.3. The van der Waals surface area contributed by atoms with Crippen molar-refractivity contribution in [1.82, 2.24) is 10.2 Å². The van der Waals surface area contributed by atoms with Gasteiger partial charge in [0.25, 0.3) is 0 Å². The lowest BCUT2D eigenvalue weighted by Crippen LogP contribution is -2.47. The van der Waals surface area contributed by atoms with Crippen LogP contribution in [0.1, 0.15) is 30.4 Å². The van der Waals surface area contributed by atoms with Gasteiger partial charge in [-0.05, 0) is 38.2 Å². The molecule has 1 fully saturated rings. The van der Waals surface area contributed by atoms with E-state index in [1.165, 1.54) is 11.1 Å². The highest BCUT2D eigenvalue weighted by Gasteiger charge is 2.43. The molecular formula is C18H23F3N2O2. The normalized spacial score (nSPS) is 15.9. The van der Waals surface area contributed by atoms with Crippen LogP contribution in [0.25, 0.3) is 0 Å². The summed E-state index contributed by atoms with van der Waals surface area (Å²) in [5.74, 6) is -2.27. The Balaban J connectivity index is 1.68. The second kappa shape index (κ2) is 8.36. The number of likely N-dealkylation sites (tertiary alicyclic amines) is 1. The standard InChI is InChI=1S/C18H23F3N2O2/c1-13-4-2-5-14(12-13)6-3-9-22-16(24)15-7-10-23(11-8-15)17(25)18(19,20)21/h2,4-5,12,15H,3,6-11H2,1H3,(H,22,24). The molecule has 4 nitrogen and oxygen atoms in total. The number of benzene rings is 1. The van der Waals surface area contributed by atoms with E-state index < -0.39 is 12.1 Å². The number of nitrogens with one attached hydrogen (secondary N) is 1. The van der Waals surface area contributed by atoms with Gasteiger partial charge in [-0.15, -0.1) is 0 Å². The molecule has 1 aromatic rings. The third-order valence-corrected chi connectivity index (χ3v) is 4.42. The average Bonchev–Trinajstić information content (AvgIpc) is 2.57. The fourth-order valence-electron chi connectivity index (χ4n) is 3.04. The summed E-state index contributed by atoms with van der Waals surface area (Å²) in [6.07, 6.45) is -2.64. The summed E-state index contributed by atoms with van der Waals surface area (Å²) < 4.78 is 37.2. The zero-order valence-corrected chi connectivity index (χ0v) is 14.2. The second-order valence-electron chi connectivity index (χ2n) is 6.45. The van der Waals surface area contributed by atoms with E-state index >= 15 is 0 Å². The highest BCUT2D eigenvalue weighted by Crippen LogP contribution is 2.24. The SMILES string of the molecule is Cc1cccc(CCCNC(=O)C2CCN(C(=O)C(F)(F)F)CC2)c1. The zero-order valence-electron chi connectivity index (χ0n) is 14.2. The van der Waals surface area contributed by atoms with Crippen LogP contribution in [-0.4, -0.2) is 42.5 Å². The molecule has 0 saturated carbocycles. The van der Waals surface area contributed by atoms with Gasteiger partial charge in [-0.25, -0.2) is 0 Å². The van der Waals surface area contributed by atoms with Gasteiger partial charge in [0.15, 0.2) is 0 Å². The number of hydrogen-bond donors (Lipinski definition) is 1. The Bertz CT molecular complexity index is 609. The minimum absolute atomic E-state index is 0.0281. The van der Waals surface area contributed by atoms with Crippen LogP contribution in [-0.2, 0) is 16.0 Å². The number of alkyl halides is 3. The van der Waals surface area contributed by atoms with E-state index in [0.717, 1.165) is 17.7 Å². The number of amides is 2. The summed E-state index contributed by atoms with van der Waals surface area (Å²) in [4.78, 5) is 24.0. The highest BCUT2D eigenvalue weighted by molar-refractivity contribution is 5.83. The minimum atomic E-state index is -4.84. The molecule has 2 amide bonds. The number of carbonyl (C=O) groups is 2. The molecule has 0 aromatic heterocycles. The van der Waals surface area contributed by atoms with Gasteiger partial charge < -0.3 is 10.2 Å². The number of aryl methyl sites for hydroxylation is 2. The number of rotatable bonds is 5. The van der Waals surface area contributed by atoms with E-state index in [-0.39, 0.29) is 37.8 Å². The van der Waals surface area contributed by atoms with Crippen molar-refractivity contribution in [3.63, 3.8) is 0 Å². The topological polar surface area (TPSA) is 49.4 Å². The summed E-state index contributed by atoms with van der Waals surface area (Å²) in [5, 5.41) is 2.85. The third kappa shape index (κ3) is 5.76. The van der Waals surface area contributed by atoms with Crippen molar-refractivity contribution in [2.45, 2.75) is 38.8 Å². The van der Waals surface area contributed by atoms with Crippen LogP contribution in [0.4, 0.5) is 13.2 Å². The van der Waals surface area contributed by atoms with Gasteiger partial charge in [-0.1, -0.05) is 29.8 Å². The first-order chi connectivity index (χ1) is 11.8. The van der Waals surface area contributed by atoms with E-state index in [4.69, 9.17) is 0 Å². The average molecular weight is 356 g/mol. The van der Waals surface area contributed by atoms with Crippen LogP contribution in [0.2, 0.25) is 0 Å². The van der Waals surface area contributed by atoms with Crippen LogP contribution < -0.4 is 5.32 Å². The lowest BCUT2D eigenvalue weighted by atomic mass is 9.95. The maximum atomic E-state index is 12.4. The van der Waals surface area contributed by atoms with Gasteiger partial charge in [0.1, 0.15) is 0 Å². The van der Waals surface area contributed by atoms with E-state index in [9.17, 15) is 22.8 Å². The smallest absolute Gasteiger partial charge is 0.356 e. The molecular weight excluding hydrogens is 333 g/mol. The molecule has 2 rings (SSSR count). The fraction of sp³-hybridized carbons (Fsp3) is 0.556. The van der Waals surface area contributed by atoms with E-state index in [1.807, 2.05) is 25.1 Å². The van der Waals surface area contributed by atoms with Crippen molar-refractivity contribution in [3.05, 3.63) is 35.4 Å². The largest absolute Gasteiger partial charge is 0.471 e. The van der Waals surface area contributed by atoms with Gasteiger partial charge in [0.05, 0.1) is 0 Å². The molecule has 0 atom stereocenters. The van der Waals surface area contributed by atoms with E-state index in [2.05, 4.69) is 11.4 Å². The predicted octanol–water partition coefficient (Wildman–Crippen LogP) is 2.84. The first-order valence-corrected chi connectivity index (χ1v) is 8.46. The number of halogens is 3. The lowest BCUT2D eigenvalue weighted by Gasteiger charge is -2.31. The van der Waals surface area contributed by atoms with Gasteiger partial charge in [-0.2, -0.15) is 13.2 Å². The number of hydrogen-bond acceptors (Lipinski definition) is 2. The minimum Gasteiger partial charge on any atom is -0.356 e. The number of nitrogens with zero attached hydrogens (tertiary/aromatic N) is 1. The number of carbonyl (C=O) groups excluding carboxylic acids is 2. The maximum Gasteiger partial charge on any atom is 0.471 e. The van der Waals surface area contributed by atoms with Gasteiger partial charge >= 0.3 is 12.1 Å². The van der Waals surface area contributed by atoms with E-state index in [0.29, 0.717) is 6.54 Å². The molecule has 1 aliphatic rings. The molecule has 25 heavy (non-hydrogen) atoms. The molecule has 0 unspecified atom stereocenters. The lowest BCUT2D eigenvalue weighted by molar-refractivity contribution is -0.186. The number of piperidine rings is 1. The Hall–Kier alpha value is -2.05. The summed E-state index contributed by atoms with van der Waals surface area (Å²) >= 11 is 0. The monoisotopic (exact) mass is 356 g/mol. The summed E-state index contributed by atoms with van der Waals surface area (Å²) in [6.45, 7) is 2.51. The summed E-state index contributed by atoms with van der Waals surface area (Å²) in [6, 6.07) is 8.18. The molecule has 1 aromatic carbocycles. The van der Waals surface area contributed by atoms with Crippen LogP contribution in [0.15, 0.2) is 24.3 Å². The molecule has 7 heteroatoms. The Kier molecular flexibility index (Phi) is 6.45. The van der Waals surface area contributed by atoms with Gasteiger partial charge in [-0.3, -0.25) is 9.59 Å². The Morgan fingerprint density at radius 2 is 1.92 bits per heavy atom. The van der Waals surface area contributed by atoms with Crippen LogP contribution in [0.3, 0.4) is 0 Å². The highest BCUT2D eigenvalue weighted by atomic mass is 19.4. The first-order valence-electron chi connectivity index (χ1n) is 8.46. The molecule has 0 spiro atoms. The van der Waals surface area contributed by atoms with Crippen molar-refractivity contribution in [2.24, 2.45) is 5.92 Å². The van der Waals surface area contributed by atoms with Crippen molar-refractivity contribution < 1.29 is 22.8 Å². The van der Waals surface area contributed by atoms with Crippen molar-refractivity contribution in [3.8, 4) is 0 Å². The molecule has 0 aliphatic carbocycles. The molecule has 138 valence electrons. The Morgan fingerprint density at radius 3 is 2.52 bits per heavy atom. The van der Waals surface area contributed by atoms with Crippen LogP contribution >= 0.6 is 0 Å². The molecule has 1 heterocycles. The predicted molar refractivity (Wildman–Crippen MR) is 87.9 cm³/mol. The van der Waals surface area contributed by atoms with Crippen LogP contribution in [0.5, 0.6) is 0 Å². The third-order valence-electron chi connectivity index (χ3n) is 4.42. The molecule has 0 bridgehead atoms. The Morgan fingerprint density at radius 1 is 1.24 bits per heavy atom. The zero-order chi connectivity index (χ0) is 18.4. The second-order valence-corrected chi connectivity index (χ2v) is 6.45. The van der Waals surface area contributed by atoms with E-state index in [1.54, 1.807) is 0 Å². The maximum absolute atomic E-state index is 12.4. The van der Waals surface area contributed by atoms with Crippen molar-refractivity contribution in [1.29, 1.82) is 0 Å². The fourth-order valence-corrected chi connectivity index (χ4v) is 3.04. The molecule has 1 N–H and O–H groups in total. The van der Waals surface area contributed by atoms with Crippen LogP contribution in [0, 0.1) is 12.8 Å². The Labute approximate surface area is 145 Å². The van der Waals surface area contributed by atoms with Crippen molar-refractivity contribution in [2.75, 3.05) is 19.6 Å². The van der Waals surface area contributed by atoms with Gasteiger partial charge in [0, 0.05) is 25.6 Å². The summed E-state index contributed by atoms with van der Waals surface area (Å²) in [7, 11) is 0. The quantitative estimate of drug-likeness (QED) is 0.825. The molecule has 0 radical (unpaired) electrons.